The highest BCUT2D eigenvalue weighted by Crippen LogP contribution is 2.28. The third-order valence-corrected chi connectivity index (χ3v) is 4.45. The van der Waals surface area contributed by atoms with Crippen molar-refractivity contribution in [2.45, 2.75) is 5.16 Å². The normalized spacial score (nSPS) is 11.6. The summed E-state index contributed by atoms with van der Waals surface area (Å²) in [5.41, 5.74) is -2.17. The molecule has 2 heterocycles. The van der Waals surface area contributed by atoms with E-state index in [1.807, 2.05) is 4.72 Å². The third-order valence-electron chi connectivity index (χ3n) is 3.01. The molecular formula is C12H7ClFN5O5S. The van der Waals surface area contributed by atoms with E-state index in [-0.39, 0.29) is 10.7 Å². The number of para-hydroxylation sites is 1. The molecule has 0 aliphatic heterocycles. The summed E-state index contributed by atoms with van der Waals surface area (Å²) < 4.78 is 40.4. The number of aromatic amines is 1. The summed E-state index contributed by atoms with van der Waals surface area (Å²) in [6.45, 7) is 0. The first-order chi connectivity index (χ1) is 11.7. The maximum atomic E-state index is 13.2. The molecule has 0 radical (unpaired) electrons. The molecule has 3 rings (SSSR count). The largest absolute Gasteiger partial charge is 0.478 e. The number of carbonyl (C=O) groups is 1. The molecule has 25 heavy (non-hydrogen) atoms. The van der Waals surface area contributed by atoms with Gasteiger partial charge in [0.25, 0.3) is 15.2 Å². The first kappa shape index (κ1) is 16.9. The number of rotatable bonds is 4. The molecule has 3 N–H and O–H groups in total. The summed E-state index contributed by atoms with van der Waals surface area (Å²) >= 11 is 5.85. The number of anilines is 1. The molecular weight excluding hydrogens is 381 g/mol. The second-order valence-electron chi connectivity index (χ2n) is 4.66. The van der Waals surface area contributed by atoms with Gasteiger partial charge in [-0.2, -0.15) is 22.3 Å². The van der Waals surface area contributed by atoms with Gasteiger partial charge in [0.2, 0.25) is 0 Å². The summed E-state index contributed by atoms with van der Waals surface area (Å²) in [5, 5.41) is 11.6. The summed E-state index contributed by atoms with van der Waals surface area (Å²) in [4.78, 5) is 28.1. The Hall–Kier alpha value is -2.99. The zero-order chi connectivity index (χ0) is 18.4. The highest BCUT2D eigenvalue weighted by molar-refractivity contribution is 7.92. The molecule has 130 valence electrons. The summed E-state index contributed by atoms with van der Waals surface area (Å²) in [7, 11) is -4.50. The molecule has 0 aliphatic rings. The molecule has 0 fully saturated rings. The lowest BCUT2D eigenvalue weighted by Crippen LogP contribution is -2.20. The minimum absolute atomic E-state index is 0.170. The number of aromatic carboxylic acids is 1. The maximum Gasteiger partial charge on any atom is 0.350 e. The topological polar surface area (TPSA) is 147 Å². The first-order valence-electron chi connectivity index (χ1n) is 6.39. The number of sulfonamides is 1. The van der Waals surface area contributed by atoms with E-state index in [1.165, 1.54) is 12.1 Å². The van der Waals surface area contributed by atoms with E-state index in [4.69, 9.17) is 16.7 Å². The maximum absolute atomic E-state index is 13.2. The quantitative estimate of drug-likeness (QED) is 0.558. The predicted molar refractivity (Wildman–Crippen MR) is 82.8 cm³/mol. The Morgan fingerprint density at radius 3 is 2.80 bits per heavy atom. The molecule has 10 nitrogen and oxygen atoms in total. The van der Waals surface area contributed by atoms with Gasteiger partial charge in [0.1, 0.15) is 0 Å². The monoisotopic (exact) mass is 387 g/mol. The van der Waals surface area contributed by atoms with Crippen LogP contribution in [0.1, 0.15) is 10.4 Å². The number of hydrogen-bond acceptors (Lipinski definition) is 6. The second kappa shape index (κ2) is 5.82. The van der Waals surface area contributed by atoms with Gasteiger partial charge in [0, 0.05) is 6.07 Å². The van der Waals surface area contributed by atoms with Crippen LogP contribution in [-0.2, 0) is 10.0 Å². The minimum atomic E-state index is -4.50. The van der Waals surface area contributed by atoms with Crippen molar-refractivity contribution < 1.29 is 22.7 Å². The average molecular weight is 388 g/mol. The van der Waals surface area contributed by atoms with E-state index in [0.717, 1.165) is 12.1 Å². The van der Waals surface area contributed by atoms with Crippen LogP contribution in [0.5, 0.6) is 0 Å². The number of halogens is 2. The van der Waals surface area contributed by atoms with Crippen molar-refractivity contribution in [3.63, 3.8) is 0 Å². The lowest BCUT2D eigenvalue weighted by Gasteiger charge is -2.09. The van der Waals surface area contributed by atoms with Crippen LogP contribution in [0.4, 0.5) is 10.1 Å². The highest BCUT2D eigenvalue weighted by Gasteiger charge is 2.25. The Labute approximate surface area is 142 Å². The fourth-order valence-electron chi connectivity index (χ4n) is 1.95. The van der Waals surface area contributed by atoms with E-state index in [0.29, 0.717) is 4.52 Å². The lowest BCUT2D eigenvalue weighted by atomic mass is 10.2. The molecule has 0 bridgehead atoms. The SMILES string of the molecule is O=C(O)c1cccc(Cl)c1NS(=O)(=O)c1nc2cc(F)[nH]c(=O)n2n1. The number of carboxylic acids is 1. The molecule has 0 saturated heterocycles. The molecule has 0 saturated carbocycles. The molecule has 2 aromatic heterocycles. The minimum Gasteiger partial charge on any atom is -0.478 e. The molecule has 1 aromatic carbocycles. The fourth-order valence-corrected chi connectivity index (χ4v) is 3.21. The van der Waals surface area contributed by atoms with Crippen LogP contribution >= 0.6 is 11.6 Å². The van der Waals surface area contributed by atoms with Gasteiger partial charge in [-0.1, -0.05) is 17.7 Å². The van der Waals surface area contributed by atoms with Crippen molar-refractivity contribution in [2.75, 3.05) is 4.72 Å². The number of aromatic nitrogens is 4. The van der Waals surface area contributed by atoms with Crippen molar-refractivity contribution in [3.05, 3.63) is 51.3 Å². The van der Waals surface area contributed by atoms with Crippen LogP contribution in [-0.4, -0.2) is 39.1 Å². The van der Waals surface area contributed by atoms with Crippen LogP contribution < -0.4 is 10.4 Å². The van der Waals surface area contributed by atoms with Crippen LogP contribution in [0.25, 0.3) is 5.65 Å². The average Bonchev–Trinajstić information content (AvgIpc) is 2.94. The zero-order valence-electron chi connectivity index (χ0n) is 11.9. The standard InChI is InChI=1S/C12H7ClFN5O5S/c13-6-3-1-2-5(10(20)21)9(6)18-25(23,24)11-16-8-4-7(14)15-12(22)19(8)17-11/h1-4,18H,(H,15,22)(H,20,21). The Balaban J connectivity index is 2.11. The highest BCUT2D eigenvalue weighted by atomic mass is 35.5. The fraction of sp³-hybridized carbons (Fsp3) is 0. The molecule has 0 spiro atoms. The molecule has 0 unspecified atom stereocenters. The Morgan fingerprint density at radius 1 is 1.40 bits per heavy atom. The van der Waals surface area contributed by atoms with Crippen molar-refractivity contribution in [1.82, 2.24) is 19.6 Å². The van der Waals surface area contributed by atoms with Crippen molar-refractivity contribution in [1.29, 1.82) is 0 Å². The van der Waals surface area contributed by atoms with E-state index < -0.39 is 44.0 Å². The number of carboxylic acid groups (broad SMARTS) is 1. The molecule has 0 atom stereocenters. The van der Waals surface area contributed by atoms with Crippen molar-refractivity contribution in [2.24, 2.45) is 0 Å². The second-order valence-corrected chi connectivity index (χ2v) is 6.64. The van der Waals surface area contributed by atoms with E-state index in [1.54, 1.807) is 4.98 Å². The third kappa shape index (κ3) is 3.04. The van der Waals surface area contributed by atoms with Gasteiger partial charge < -0.3 is 5.11 Å². The van der Waals surface area contributed by atoms with Gasteiger partial charge >= 0.3 is 11.7 Å². The Kier molecular flexibility index (Phi) is 3.93. The summed E-state index contributed by atoms with van der Waals surface area (Å²) in [6, 6.07) is 4.52. The summed E-state index contributed by atoms with van der Waals surface area (Å²) in [6.07, 6.45) is 0. The van der Waals surface area contributed by atoms with Crippen molar-refractivity contribution >= 4 is 38.9 Å². The number of nitrogens with zero attached hydrogens (tertiary/aromatic N) is 3. The smallest absolute Gasteiger partial charge is 0.350 e. The Bertz CT molecular complexity index is 1170. The van der Waals surface area contributed by atoms with Crippen molar-refractivity contribution in [3.8, 4) is 0 Å². The van der Waals surface area contributed by atoms with Crippen LogP contribution in [0.2, 0.25) is 5.02 Å². The predicted octanol–water partition coefficient (Wildman–Crippen LogP) is 0.709. The summed E-state index contributed by atoms with van der Waals surface area (Å²) in [5.74, 6) is -2.44. The van der Waals surface area contributed by atoms with Crippen LogP contribution in [0.3, 0.4) is 0 Å². The van der Waals surface area contributed by atoms with E-state index >= 15 is 0 Å². The van der Waals surface area contributed by atoms with Crippen LogP contribution in [0, 0.1) is 5.95 Å². The van der Waals surface area contributed by atoms with Gasteiger partial charge in [-0.15, -0.1) is 5.10 Å². The molecule has 0 amide bonds. The van der Waals surface area contributed by atoms with Crippen LogP contribution in [0.15, 0.2) is 34.2 Å². The number of hydrogen-bond donors (Lipinski definition) is 3. The molecule has 0 aliphatic carbocycles. The number of benzene rings is 1. The van der Waals surface area contributed by atoms with Gasteiger partial charge in [-0.3, -0.25) is 9.71 Å². The van der Waals surface area contributed by atoms with Gasteiger partial charge in [-0.25, -0.2) is 9.59 Å². The number of H-pyrrole nitrogens is 1. The first-order valence-corrected chi connectivity index (χ1v) is 8.25. The van der Waals surface area contributed by atoms with E-state index in [9.17, 15) is 22.4 Å². The Morgan fingerprint density at radius 2 is 2.12 bits per heavy atom. The number of fused-ring (bicyclic) bond motifs is 1. The van der Waals surface area contributed by atoms with E-state index in [2.05, 4.69) is 10.1 Å². The van der Waals surface area contributed by atoms with Gasteiger partial charge in [0.15, 0.2) is 11.6 Å². The van der Waals surface area contributed by atoms with Gasteiger partial charge in [-0.05, 0) is 12.1 Å². The lowest BCUT2D eigenvalue weighted by molar-refractivity contribution is 0.0698. The van der Waals surface area contributed by atoms with Gasteiger partial charge in [0.05, 0.1) is 16.3 Å². The number of nitrogens with one attached hydrogen (secondary N) is 2. The molecule has 3 aromatic rings. The zero-order valence-corrected chi connectivity index (χ0v) is 13.5. The molecule has 13 heteroatoms.